The highest BCUT2D eigenvalue weighted by Crippen LogP contribution is 2.24. The summed E-state index contributed by atoms with van der Waals surface area (Å²) in [6, 6.07) is 11.7. The van der Waals surface area contributed by atoms with Gasteiger partial charge in [0.2, 0.25) is 5.91 Å². The van der Waals surface area contributed by atoms with Gasteiger partial charge in [0.05, 0.1) is 11.8 Å². The molecule has 0 saturated heterocycles. The second-order valence-corrected chi connectivity index (χ2v) is 8.18. The fraction of sp³-hybridized carbons (Fsp3) is 0.318. The smallest absolute Gasteiger partial charge is 0.408 e. The van der Waals surface area contributed by atoms with E-state index in [0.717, 1.165) is 0 Å². The number of alkyl carbamates (subject to hydrolysis) is 1. The molecule has 7 nitrogen and oxygen atoms in total. The summed E-state index contributed by atoms with van der Waals surface area (Å²) in [5.74, 6) is -1.04. The summed E-state index contributed by atoms with van der Waals surface area (Å²) in [4.78, 5) is 37.7. The molecule has 2 aromatic rings. The zero-order chi connectivity index (χ0) is 22.5. The third-order valence-electron chi connectivity index (χ3n) is 3.96. The Hall–Kier alpha value is -2.90. The average molecular weight is 433 g/mol. The molecule has 0 radical (unpaired) electrons. The van der Waals surface area contributed by atoms with Crippen LogP contribution in [0, 0.1) is 0 Å². The number of carbonyl (C=O) groups is 3. The Kier molecular flexibility index (Phi) is 7.59. The van der Waals surface area contributed by atoms with E-state index in [1.165, 1.54) is 25.1 Å². The summed E-state index contributed by atoms with van der Waals surface area (Å²) < 4.78 is 5.14. The molecule has 2 atom stereocenters. The fourth-order valence-corrected chi connectivity index (χ4v) is 2.78. The third kappa shape index (κ3) is 6.57. The average Bonchev–Trinajstić information content (AvgIpc) is 2.66. The van der Waals surface area contributed by atoms with Crippen molar-refractivity contribution in [3.8, 4) is 0 Å². The molecule has 0 saturated carbocycles. The van der Waals surface area contributed by atoms with E-state index < -0.39 is 29.7 Å². The van der Waals surface area contributed by atoms with Crippen LogP contribution in [0.5, 0.6) is 0 Å². The molecular weight excluding hydrogens is 408 g/mol. The number of ketones is 1. The van der Waals surface area contributed by atoms with Crippen molar-refractivity contribution in [3.63, 3.8) is 0 Å². The van der Waals surface area contributed by atoms with E-state index in [9.17, 15) is 19.5 Å². The largest absolute Gasteiger partial charge is 0.444 e. The van der Waals surface area contributed by atoms with Crippen LogP contribution in [-0.4, -0.2) is 40.6 Å². The molecule has 0 aliphatic carbocycles. The van der Waals surface area contributed by atoms with Crippen LogP contribution in [-0.2, 0) is 9.53 Å². The first-order valence-corrected chi connectivity index (χ1v) is 9.73. The minimum Gasteiger partial charge on any atom is -0.444 e. The summed E-state index contributed by atoms with van der Waals surface area (Å²) in [6.07, 6.45) is -2.06. The van der Waals surface area contributed by atoms with Crippen molar-refractivity contribution in [3.05, 3.63) is 64.7 Å². The number of aliphatic hydroxyl groups excluding tert-OH is 1. The minimum absolute atomic E-state index is 0.184. The number of halogens is 1. The van der Waals surface area contributed by atoms with Crippen molar-refractivity contribution in [2.24, 2.45) is 0 Å². The molecule has 0 bridgehead atoms. The maximum Gasteiger partial charge on any atom is 0.408 e. The molecule has 0 fully saturated rings. The van der Waals surface area contributed by atoms with E-state index in [0.29, 0.717) is 10.6 Å². The molecule has 0 aliphatic rings. The topological polar surface area (TPSA) is 105 Å². The molecule has 3 N–H and O–H groups in total. The predicted octanol–water partition coefficient (Wildman–Crippen LogP) is 3.78. The first-order valence-electron chi connectivity index (χ1n) is 9.35. The summed E-state index contributed by atoms with van der Waals surface area (Å²) >= 11 is 6.05. The van der Waals surface area contributed by atoms with Crippen molar-refractivity contribution in [2.45, 2.75) is 45.4 Å². The van der Waals surface area contributed by atoms with E-state index in [1.807, 2.05) is 0 Å². The molecule has 0 spiro atoms. The highest BCUT2D eigenvalue weighted by Gasteiger charge is 2.29. The van der Waals surface area contributed by atoms with Crippen molar-refractivity contribution in [1.29, 1.82) is 0 Å². The number of rotatable bonds is 6. The summed E-state index contributed by atoms with van der Waals surface area (Å²) in [7, 11) is 0. The second kappa shape index (κ2) is 9.73. The van der Waals surface area contributed by atoms with Gasteiger partial charge in [0, 0.05) is 16.1 Å². The third-order valence-corrected chi connectivity index (χ3v) is 4.19. The number of hydrogen-bond acceptors (Lipinski definition) is 5. The van der Waals surface area contributed by atoms with Gasteiger partial charge in [-0.3, -0.25) is 9.59 Å². The lowest BCUT2D eigenvalue weighted by Gasteiger charge is -2.25. The van der Waals surface area contributed by atoms with Gasteiger partial charge in [-0.2, -0.15) is 0 Å². The standard InChI is InChI=1S/C22H25ClN2O5/c1-13(26)18(25-21(29)30-22(2,3)4)20(28)24-17-11-10-15(23)12-16(17)19(27)14-8-6-5-7-9-14/h5-13,18,26H,1-4H3,(H,24,28)(H,25,29)/t13?,18-/m0/s1. The zero-order valence-electron chi connectivity index (χ0n) is 17.2. The van der Waals surface area contributed by atoms with Gasteiger partial charge >= 0.3 is 6.09 Å². The van der Waals surface area contributed by atoms with E-state index >= 15 is 0 Å². The quantitative estimate of drug-likeness (QED) is 0.602. The Morgan fingerprint density at radius 2 is 1.70 bits per heavy atom. The van der Waals surface area contributed by atoms with Crippen LogP contribution in [0.1, 0.15) is 43.6 Å². The van der Waals surface area contributed by atoms with Crippen molar-refractivity contribution in [2.75, 3.05) is 5.32 Å². The van der Waals surface area contributed by atoms with Gasteiger partial charge in [-0.1, -0.05) is 41.9 Å². The molecule has 160 valence electrons. The Morgan fingerprint density at radius 1 is 1.07 bits per heavy atom. The number of carbonyl (C=O) groups excluding carboxylic acids is 3. The minimum atomic E-state index is -1.30. The first-order chi connectivity index (χ1) is 14.0. The van der Waals surface area contributed by atoms with Crippen LogP contribution in [0.2, 0.25) is 5.02 Å². The van der Waals surface area contributed by atoms with Gasteiger partial charge in [0.25, 0.3) is 0 Å². The Bertz CT molecular complexity index is 923. The fourth-order valence-electron chi connectivity index (χ4n) is 2.61. The number of ether oxygens (including phenoxy) is 1. The molecule has 8 heteroatoms. The van der Waals surface area contributed by atoms with Crippen molar-refractivity contribution >= 4 is 35.1 Å². The SMILES string of the molecule is CC(O)[C@H](NC(=O)OC(C)(C)C)C(=O)Nc1ccc(Cl)cc1C(=O)c1ccccc1. The molecule has 2 aromatic carbocycles. The number of amides is 2. The van der Waals surface area contributed by atoms with Gasteiger partial charge in [0.15, 0.2) is 5.78 Å². The maximum absolute atomic E-state index is 12.9. The lowest BCUT2D eigenvalue weighted by atomic mass is 10.0. The van der Waals surface area contributed by atoms with Crippen LogP contribution in [0.3, 0.4) is 0 Å². The molecule has 0 heterocycles. The highest BCUT2D eigenvalue weighted by atomic mass is 35.5. The number of hydrogen-bond donors (Lipinski definition) is 3. The highest BCUT2D eigenvalue weighted by molar-refractivity contribution is 6.31. The number of aliphatic hydroxyl groups is 1. The lowest BCUT2D eigenvalue weighted by Crippen LogP contribution is -2.51. The van der Waals surface area contributed by atoms with Crippen LogP contribution in [0.4, 0.5) is 10.5 Å². The van der Waals surface area contributed by atoms with Crippen LogP contribution in [0.25, 0.3) is 0 Å². The van der Waals surface area contributed by atoms with Crippen molar-refractivity contribution < 1.29 is 24.2 Å². The molecule has 0 aliphatic heterocycles. The van der Waals surface area contributed by atoms with Gasteiger partial charge in [-0.05, 0) is 45.9 Å². The predicted molar refractivity (Wildman–Crippen MR) is 115 cm³/mol. The summed E-state index contributed by atoms with van der Waals surface area (Å²) in [5, 5.41) is 15.3. The Morgan fingerprint density at radius 3 is 2.27 bits per heavy atom. The molecular formula is C22H25ClN2O5. The van der Waals surface area contributed by atoms with Gasteiger partial charge in [-0.25, -0.2) is 4.79 Å². The van der Waals surface area contributed by atoms with Gasteiger partial charge in [0.1, 0.15) is 11.6 Å². The second-order valence-electron chi connectivity index (χ2n) is 7.74. The Labute approximate surface area is 180 Å². The molecule has 2 amide bonds. The van der Waals surface area contributed by atoms with Crippen LogP contribution >= 0.6 is 11.6 Å². The van der Waals surface area contributed by atoms with E-state index in [4.69, 9.17) is 16.3 Å². The maximum atomic E-state index is 12.9. The summed E-state index contributed by atoms with van der Waals surface area (Å²) in [6.45, 7) is 6.40. The normalized spacial score (nSPS) is 13.1. The first kappa shape index (κ1) is 23.4. The van der Waals surface area contributed by atoms with Crippen molar-refractivity contribution in [1.82, 2.24) is 5.32 Å². The van der Waals surface area contributed by atoms with Gasteiger partial charge < -0.3 is 20.5 Å². The molecule has 0 aromatic heterocycles. The lowest BCUT2D eigenvalue weighted by molar-refractivity contribution is -0.120. The van der Waals surface area contributed by atoms with E-state index in [2.05, 4.69) is 10.6 Å². The summed E-state index contributed by atoms with van der Waals surface area (Å²) in [5.41, 5.74) is 0.0442. The van der Waals surface area contributed by atoms with Crippen LogP contribution in [0.15, 0.2) is 48.5 Å². The monoisotopic (exact) mass is 432 g/mol. The molecule has 30 heavy (non-hydrogen) atoms. The zero-order valence-corrected chi connectivity index (χ0v) is 18.0. The van der Waals surface area contributed by atoms with Gasteiger partial charge in [-0.15, -0.1) is 0 Å². The van der Waals surface area contributed by atoms with E-state index in [1.54, 1.807) is 51.1 Å². The number of anilines is 1. The molecule has 1 unspecified atom stereocenters. The number of nitrogens with one attached hydrogen (secondary N) is 2. The number of benzene rings is 2. The van der Waals surface area contributed by atoms with Crippen LogP contribution < -0.4 is 10.6 Å². The van der Waals surface area contributed by atoms with E-state index in [-0.39, 0.29) is 17.0 Å². The molecule has 2 rings (SSSR count). The Balaban J connectivity index is 2.26.